The second-order valence-corrected chi connectivity index (χ2v) is 4.77. The third-order valence-corrected chi connectivity index (χ3v) is 3.28. The number of nitrogens with one attached hydrogen (secondary N) is 1. The first kappa shape index (κ1) is 14.7. The summed E-state index contributed by atoms with van der Waals surface area (Å²) in [6, 6.07) is 12.4. The van der Waals surface area contributed by atoms with Gasteiger partial charge in [-0.3, -0.25) is 0 Å². The van der Waals surface area contributed by atoms with Crippen LogP contribution in [0.1, 0.15) is 17.3 Å². The molecule has 0 spiro atoms. The van der Waals surface area contributed by atoms with E-state index in [0.29, 0.717) is 29.3 Å². The van der Waals surface area contributed by atoms with Crippen molar-refractivity contribution in [3.05, 3.63) is 48.0 Å². The maximum absolute atomic E-state index is 11.4. The molecule has 0 bridgehead atoms. The van der Waals surface area contributed by atoms with Gasteiger partial charge >= 0.3 is 5.97 Å². The number of nitrogens with zero attached hydrogens (tertiary/aromatic N) is 3. The van der Waals surface area contributed by atoms with Gasteiger partial charge in [0.25, 0.3) is 0 Å². The zero-order valence-corrected chi connectivity index (χ0v) is 12.4. The number of carbonyl (C=O) groups is 1. The van der Waals surface area contributed by atoms with Crippen LogP contribution in [0, 0.1) is 0 Å². The number of para-hydroxylation sites is 1. The molecule has 0 aliphatic carbocycles. The number of benzene rings is 2. The molecule has 0 atom stereocenters. The van der Waals surface area contributed by atoms with Crippen LogP contribution in [0.15, 0.2) is 42.5 Å². The number of aromatic amines is 1. The second kappa shape index (κ2) is 6.27. The highest BCUT2D eigenvalue weighted by Crippen LogP contribution is 2.33. The van der Waals surface area contributed by atoms with Crippen molar-refractivity contribution in [2.75, 3.05) is 6.61 Å². The first-order valence-corrected chi connectivity index (χ1v) is 7.03. The lowest BCUT2D eigenvalue weighted by Crippen LogP contribution is -1.99. The molecule has 116 valence electrons. The van der Waals surface area contributed by atoms with Crippen molar-refractivity contribution in [2.45, 2.75) is 6.92 Å². The molecule has 0 unspecified atom stereocenters. The van der Waals surface area contributed by atoms with E-state index in [1.165, 1.54) is 6.07 Å². The molecule has 0 saturated carbocycles. The van der Waals surface area contributed by atoms with E-state index in [1.54, 1.807) is 6.07 Å². The Labute approximate surface area is 131 Å². The van der Waals surface area contributed by atoms with E-state index < -0.39 is 5.97 Å². The third kappa shape index (κ3) is 3.03. The van der Waals surface area contributed by atoms with Gasteiger partial charge in [0, 0.05) is 11.1 Å². The molecule has 1 aromatic heterocycles. The predicted octanol–water partition coefficient (Wildman–Crippen LogP) is 2.63. The summed E-state index contributed by atoms with van der Waals surface area (Å²) in [5.74, 6) is 0.00493. The van der Waals surface area contributed by atoms with Crippen LogP contribution in [0.3, 0.4) is 0 Å². The van der Waals surface area contributed by atoms with E-state index in [1.807, 2.05) is 37.3 Å². The van der Waals surface area contributed by atoms with Crippen molar-refractivity contribution in [3.63, 3.8) is 0 Å². The van der Waals surface area contributed by atoms with Crippen molar-refractivity contribution in [1.29, 1.82) is 0 Å². The monoisotopic (exact) mass is 310 g/mol. The van der Waals surface area contributed by atoms with Crippen LogP contribution in [0.5, 0.6) is 5.75 Å². The van der Waals surface area contributed by atoms with Crippen molar-refractivity contribution in [1.82, 2.24) is 20.6 Å². The lowest BCUT2D eigenvalue weighted by molar-refractivity contribution is 0.0697. The summed E-state index contributed by atoms with van der Waals surface area (Å²) >= 11 is 0. The van der Waals surface area contributed by atoms with E-state index >= 15 is 0 Å². The standard InChI is InChI=1S/C16H14N4O3/c1-2-23-14-6-4-3-5-13(14)10-7-11(15-17-19-20-18-15)9-12(8-10)16(21)22/h3-9H,2H2,1H3,(H,21,22)(H,17,18,19,20). The number of H-pyrrole nitrogens is 1. The van der Waals surface area contributed by atoms with Gasteiger partial charge < -0.3 is 9.84 Å². The van der Waals surface area contributed by atoms with Crippen LogP contribution in [-0.4, -0.2) is 38.3 Å². The molecule has 1 heterocycles. The number of carboxylic acid groups (broad SMARTS) is 1. The summed E-state index contributed by atoms with van der Waals surface area (Å²) in [7, 11) is 0. The van der Waals surface area contributed by atoms with Gasteiger partial charge in [0.2, 0.25) is 5.82 Å². The summed E-state index contributed by atoms with van der Waals surface area (Å²) in [5.41, 5.74) is 2.24. The number of hydrogen-bond donors (Lipinski definition) is 2. The second-order valence-electron chi connectivity index (χ2n) is 4.77. The summed E-state index contributed by atoms with van der Waals surface area (Å²) in [6.45, 7) is 2.42. The largest absolute Gasteiger partial charge is 0.493 e. The van der Waals surface area contributed by atoms with Gasteiger partial charge in [0.1, 0.15) is 5.75 Å². The van der Waals surface area contributed by atoms with Crippen LogP contribution < -0.4 is 4.74 Å². The van der Waals surface area contributed by atoms with Gasteiger partial charge in [-0.2, -0.15) is 5.21 Å². The number of aromatic carboxylic acids is 1. The summed E-state index contributed by atoms with van der Waals surface area (Å²) in [6.07, 6.45) is 0. The molecule has 2 N–H and O–H groups in total. The van der Waals surface area contributed by atoms with E-state index in [0.717, 1.165) is 5.56 Å². The molecule has 0 aliphatic heterocycles. The molecule has 0 saturated heterocycles. The lowest BCUT2D eigenvalue weighted by atomic mass is 9.98. The number of rotatable bonds is 5. The molecule has 23 heavy (non-hydrogen) atoms. The van der Waals surface area contributed by atoms with Gasteiger partial charge in [-0.1, -0.05) is 18.2 Å². The molecule has 7 heteroatoms. The number of tetrazole rings is 1. The fourth-order valence-electron chi connectivity index (χ4n) is 2.31. The molecule has 3 rings (SSSR count). The molecule has 0 fully saturated rings. The third-order valence-electron chi connectivity index (χ3n) is 3.28. The minimum atomic E-state index is -1.02. The van der Waals surface area contributed by atoms with Gasteiger partial charge in [0.05, 0.1) is 12.2 Å². The Morgan fingerprint density at radius 1 is 1.22 bits per heavy atom. The van der Waals surface area contributed by atoms with Crippen LogP contribution in [-0.2, 0) is 0 Å². The summed E-state index contributed by atoms with van der Waals surface area (Å²) in [5, 5.41) is 23.1. The zero-order valence-electron chi connectivity index (χ0n) is 12.4. The van der Waals surface area contributed by atoms with Crippen LogP contribution in [0.25, 0.3) is 22.5 Å². The molecule has 7 nitrogen and oxygen atoms in total. The Morgan fingerprint density at radius 3 is 2.70 bits per heavy atom. The first-order valence-electron chi connectivity index (χ1n) is 7.03. The number of hydrogen-bond acceptors (Lipinski definition) is 5. The molecule has 3 aromatic rings. The average molecular weight is 310 g/mol. The highest BCUT2D eigenvalue weighted by atomic mass is 16.5. The lowest BCUT2D eigenvalue weighted by Gasteiger charge is -2.11. The quantitative estimate of drug-likeness (QED) is 0.751. The number of carboxylic acids is 1. The van der Waals surface area contributed by atoms with Crippen molar-refractivity contribution < 1.29 is 14.6 Å². The fourth-order valence-corrected chi connectivity index (χ4v) is 2.31. The average Bonchev–Trinajstić information content (AvgIpc) is 3.10. The van der Waals surface area contributed by atoms with Gasteiger partial charge in [0.15, 0.2) is 0 Å². The van der Waals surface area contributed by atoms with E-state index in [-0.39, 0.29) is 5.56 Å². The molecular formula is C16H14N4O3. The highest BCUT2D eigenvalue weighted by Gasteiger charge is 2.14. The maximum atomic E-state index is 11.4. The van der Waals surface area contributed by atoms with Crippen LogP contribution in [0.4, 0.5) is 0 Å². The Kier molecular flexibility index (Phi) is 4.01. The Morgan fingerprint density at radius 2 is 2.00 bits per heavy atom. The fraction of sp³-hybridized carbons (Fsp3) is 0.125. The topological polar surface area (TPSA) is 101 Å². The molecule has 0 amide bonds. The van der Waals surface area contributed by atoms with Gasteiger partial charge in [-0.05, 0) is 42.0 Å². The van der Waals surface area contributed by atoms with Crippen molar-refractivity contribution in [2.24, 2.45) is 0 Å². The molecule has 2 aromatic carbocycles. The van der Waals surface area contributed by atoms with Gasteiger partial charge in [-0.15, -0.1) is 10.2 Å². The molecule has 0 radical (unpaired) electrons. The van der Waals surface area contributed by atoms with E-state index in [9.17, 15) is 9.90 Å². The minimum Gasteiger partial charge on any atom is -0.493 e. The molecule has 0 aliphatic rings. The van der Waals surface area contributed by atoms with E-state index in [2.05, 4.69) is 20.6 Å². The Bertz CT molecular complexity index is 831. The smallest absolute Gasteiger partial charge is 0.335 e. The molecular weight excluding hydrogens is 296 g/mol. The van der Waals surface area contributed by atoms with Crippen molar-refractivity contribution in [3.8, 4) is 28.3 Å². The minimum absolute atomic E-state index is 0.147. The van der Waals surface area contributed by atoms with Gasteiger partial charge in [-0.25, -0.2) is 4.79 Å². The van der Waals surface area contributed by atoms with Crippen LogP contribution in [0.2, 0.25) is 0 Å². The SMILES string of the molecule is CCOc1ccccc1-c1cc(C(=O)O)cc(-c2nn[nH]n2)c1. The Balaban J connectivity index is 2.18. The number of ether oxygens (including phenoxy) is 1. The van der Waals surface area contributed by atoms with Crippen molar-refractivity contribution >= 4 is 5.97 Å². The highest BCUT2D eigenvalue weighted by molar-refractivity contribution is 5.92. The van der Waals surface area contributed by atoms with Crippen LogP contribution >= 0.6 is 0 Å². The summed E-state index contributed by atoms with van der Waals surface area (Å²) in [4.78, 5) is 11.4. The predicted molar refractivity (Wildman–Crippen MR) is 83.2 cm³/mol. The summed E-state index contributed by atoms with van der Waals surface area (Å²) < 4.78 is 5.63. The number of aromatic nitrogens is 4. The maximum Gasteiger partial charge on any atom is 0.335 e. The normalized spacial score (nSPS) is 10.5. The first-order chi connectivity index (χ1) is 11.2. The Hall–Kier alpha value is -3.22. The van der Waals surface area contributed by atoms with E-state index in [4.69, 9.17) is 4.74 Å². The zero-order chi connectivity index (χ0) is 16.2.